The van der Waals surface area contributed by atoms with Crippen LogP contribution in [0.2, 0.25) is 0 Å². The number of pyridine rings is 1. The van der Waals surface area contributed by atoms with Gasteiger partial charge in [-0.1, -0.05) is 6.07 Å². The molecule has 1 aliphatic heterocycles. The van der Waals surface area contributed by atoms with Crippen molar-refractivity contribution in [2.45, 2.75) is 32.0 Å². The van der Waals surface area contributed by atoms with Crippen LogP contribution in [-0.2, 0) is 9.59 Å². The molecule has 114 valence electrons. The molecule has 21 heavy (non-hydrogen) atoms. The summed E-state index contributed by atoms with van der Waals surface area (Å²) < 4.78 is 37.4. The van der Waals surface area contributed by atoms with E-state index in [1.807, 2.05) is 0 Å². The van der Waals surface area contributed by atoms with E-state index in [-0.39, 0.29) is 18.8 Å². The molecule has 0 saturated carbocycles. The molecule has 2 heterocycles. The van der Waals surface area contributed by atoms with Crippen molar-refractivity contribution in [3.63, 3.8) is 0 Å². The summed E-state index contributed by atoms with van der Waals surface area (Å²) in [5.41, 5.74) is 0.669. The molecule has 0 spiro atoms. The lowest BCUT2D eigenvalue weighted by molar-refractivity contribution is -0.186. The topological polar surface area (TPSA) is 62.3 Å². The molecule has 1 atom stereocenters. The molecular formula is C13H14F3N3O2. The first-order valence-corrected chi connectivity index (χ1v) is 6.41. The van der Waals surface area contributed by atoms with Crippen LogP contribution >= 0.6 is 0 Å². The molecule has 1 aromatic heterocycles. The molecule has 8 heteroatoms. The van der Waals surface area contributed by atoms with Crippen molar-refractivity contribution in [3.05, 3.63) is 23.9 Å². The van der Waals surface area contributed by atoms with E-state index in [1.165, 1.54) is 6.07 Å². The van der Waals surface area contributed by atoms with Crippen LogP contribution in [0.4, 0.5) is 19.0 Å². The quantitative estimate of drug-likeness (QED) is 0.907. The zero-order valence-corrected chi connectivity index (χ0v) is 11.3. The number of hydrogen-bond donors (Lipinski definition) is 1. The molecule has 0 bridgehead atoms. The summed E-state index contributed by atoms with van der Waals surface area (Å²) in [6.07, 6.45) is -4.40. The van der Waals surface area contributed by atoms with Crippen molar-refractivity contribution in [1.82, 2.24) is 9.88 Å². The summed E-state index contributed by atoms with van der Waals surface area (Å²) in [5, 5.41) is 2.45. The van der Waals surface area contributed by atoms with Gasteiger partial charge in [-0.2, -0.15) is 13.2 Å². The Kier molecular flexibility index (Phi) is 4.15. The zero-order chi connectivity index (χ0) is 15.6. The average Bonchev–Trinajstić information content (AvgIpc) is 2.85. The van der Waals surface area contributed by atoms with Crippen molar-refractivity contribution in [1.29, 1.82) is 0 Å². The Morgan fingerprint density at radius 2 is 2.10 bits per heavy atom. The molecule has 1 saturated heterocycles. The first kappa shape index (κ1) is 15.3. The minimum Gasteiger partial charge on any atom is -0.323 e. The maximum absolute atomic E-state index is 12.5. The number of carbonyl (C=O) groups excluding carboxylic acids is 2. The highest BCUT2D eigenvalue weighted by Crippen LogP contribution is 2.26. The van der Waals surface area contributed by atoms with E-state index in [0.717, 1.165) is 0 Å². The lowest BCUT2D eigenvalue weighted by Crippen LogP contribution is -2.48. The van der Waals surface area contributed by atoms with Gasteiger partial charge in [0.1, 0.15) is 11.9 Å². The molecule has 1 unspecified atom stereocenters. The number of nitrogens with one attached hydrogen (secondary N) is 1. The van der Waals surface area contributed by atoms with E-state index in [2.05, 4.69) is 10.3 Å². The average molecular weight is 301 g/mol. The standard InChI is InChI=1S/C13H14F3N3O2/c1-8-4-2-6-10(17-8)18-11(20)9-5-3-7-19(9)12(21)13(14,15)16/h2,4,6,9H,3,5,7H2,1H3,(H,17,18,20). The number of halogens is 3. The summed E-state index contributed by atoms with van der Waals surface area (Å²) in [4.78, 5) is 28.0. The summed E-state index contributed by atoms with van der Waals surface area (Å²) in [6.45, 7) is 1.66. The number of carbonyl (C=O) groups is 2. The first-order valence-electron chi connectivity index (χ1n) is 6.41. The number of likely N-dealkylation sites (tertiary alicyclic amines) is 1. The number of hydrogen-bond acceptors (Lipinski definition) is 3. The van der Waals surface area contributed by atoms with Crippen LogP contribution in [0, 0.1) is 6.92 Å². The highest BCUT2D eigenvalue weighted by atomic mass is 19.4. The molecular weight excluding hydrogens is 287 g/mol. The van der Waals surface area contributed by atoms with Crippen LogP contribution < -0.4 is 5.32 Å². The minimum absolute atomic E-state index is 0.0717. The Bertz CT molecular complexity index is 560. The highest BCUT2D eigenvalue weighted by Gasteiger charge is 2.47. The van der Waals surface area contributed by atoms with Crippen LogP contribution in [0.5, 0.6) is 0 Å². The van der Waals surface area contributed by atoms with Gasteiger partial charge in [-0.05, 0) is 31.9 Å². The van der Waals surface area contributed by atoms with Gasteiger partial charge in [0.15, 0.2) is 0 Å². The first-order chi connectivity index (χ1) is 9.79. The van der Waals surface area contributed by atoms with Crippen LogP contribution in [0.25, 0.3) is 0 Å². The third-order valence-corrected chi connectivity index (χ3v) is 3.20. The summed E-state index contributed by atoms with van der Waals surface area (Å²) >= 11 is 0. The SMILES string of the molecule is Cc1cccc(NC(=O)C2CCCN2C(=O)C(F)(F)F)n1. The maximum Gasteiger partial charge on any atom is 0.471 e. The van der Waals surface area contributed by atoms with Gasteiger partial charge in [0.2, 0.25) is 5.91 Å². The van der Waals surface area contributed by atoms with E-state index in [0.29, 0.717) is 17.0 Å². The predicted octanol–water partition coefficient (Wildman–Crippen LogP) is 1.88. The number of anilines is 1. The number of aryl methyl sites for hydroxylation is 1. The van der Waals surface area contributed by atoms with Gasteiger partial charge < -0.3 is 10.2 Å². The number of alkyl halides is 3. The smallest absolute Gasteiger partial charge is 0.323 e. The molecule has 1 N–H and O–H groups in total. The molecule has 2 amide bonds. The fraction of sp³-hybridized carbons (Fsp3) is 0.462. The molecule has 1 aromatic rings. The van der Waals surface area contributed by atoms with Crippen molar-refractivity contribution in [2.75, 3.05) is 11.9 Å². The highest BCUT2D eigenvalue weighted by molar-refractivity contribution is 5.97. The van der Waals surface area contributed by atoms with Crippen molar-refractivity contribution < 1.29 is 22.8 Å². The maximum atomic E-state index is 12.5. The normalized spacial score (nSPS) is 18.7. The molecule has 1 fully saturated rings. The van der Waals surface area contributed by atoms with Crippen LogP contribution in [0.1, 0.15) is 18.5 Å². The Balaban J connectivity index is 2.09. The van der Waals surface area contributed by atoms with Gasteiger partial charge >= 0.3 is 12.1 Å². The second-order valence-corrected chi connectivity index (χ2v) is 4.81. The van der Waals surface area contributed by atoms with Crippen LogP contribution in [0.15, 0.2) is 18.2 Å². The third kappa shape index (κ3) is 3.50. The monoisotopic (exact) mass is 301 g/mol. The lowest BCUT2D eigenvalue weighted by atomic mass is 10.2. The molecule has 5 nitrogen and oxygen atoms in total. The summed E-state index contributed by atoms with van der Waals surface area (Å²) in [7, 11) is 0. The van der Waals surface area contributed by atoms with Crippen molar-refractivity contribution in [3.8, 4) is 0 Å². The molecule has 0 aliphatic carbocycles. The van der Waals surface area contributed by atoms with E-state index >= 15 is 0 Å². The number of amides is 2. The molecule has 2 rings (SSSR count). The van der Waals surface area contributed by atoms with Crippen molar-refractivity contribution >= 4 is 17.6 Å². The Hall–Kier alpha value is -2.12. The number of aromatic nitrogens is 1. The van der Waals surface area contributed by atoms with Gasteiger partial charge in [0.25, 0.3) is 0 Å². The van der Waals surface area contributed by atoms with Crippen LogP contribution in [0.3, 0.4) is 0 Å². The molecule has 0 radical (unpaired) electrons. The summed E-state index contributed by atoms with van der Waals surface area (Å²) in [5.74, 6) is -2.37. The predicted molar refractivity (Wildman–Crippen MR) is 68.4 cm³/mol. The van der Waals surface area contributed by atoms with E-state index in [1.54, 1.807) is 19.1 Å². The summed E-state index contributed by atoms with van der Waals surface area (Å²) in [6, 6.07) is 3.83. The third-order valence-electron chi connectivity index (χ3n) is 3.20. The van der Waals surface area contributed by atoms with E-state index in [4.69, 9.17) is 0 Å². The van der Waals surface area contributed by atoms with Crippen molar-refractivity contribution in [2.24, 2.45) is 0 Å². The minimum atomic E-state index is -4.97. The number of nitrogens with zero attached hydrogens (tertiary/aromatic N) is 2. The van der Waals surface area contributed by atoms with E-state index in [9.17, 15) is 22.8 Å². The fourth-order valence-corrected chi connectivity index (χ4v) is 2.27. The van der Waals surface area contributed by atoms with Gasteiger partial charge in [-0.25, -0.2) is 4.98 Å². The largest absolute Gasteiger partial charge is 0.471 e. The van der Waals surface area contributed by atoms with Gasteiger partial charge in [-0.3, -0.25) is 9.59 Å². The van der Waals surface area contributed by atoms with Gasteiger partial charge in [0.05, 0.1) is 0 Å². The second-order valence-electron chi connectivity index (χ2n) is 4.81. The Morgan fingerprint density at radius 1 is 1.38 bits per heavy atom. The Labute approximate surface area is 119 Å². The fourth-order valence-electron chi connectivity index (χ4n) is 2.27. The molecule has 0 aromatic carbocycles. The zero-order valence-electron chi connectivity index (χ0n) is 11.3. The Morgan fingerprint density at radius 3 is 2.71 bits per heavy atom. The number of rotatable bonds is 2. The van der Waals surface area contributed by atoms with Gasteiger partial charge in [-0.15, -0.1) is 0 Å². The lowest BCUT2D eigenvalue weighted by Gasteiger charge is -2.24. The second kappa shape index (κ2) is 5.71. The molecule has 1 aliphatic rings. The van der Waals surface area contributed by atoms with Crippen LogP contribution in [-0.4, -0.2) is 40.5 Å². The van der Waals surface area contributed by atoms with Gasteiger partial charge in [0, 0.05) is 12.2 Å². The van der Waals surface area contributed by atoms with E-state index < -0.39 is 24.0 Å².